The summed E-state index contributed by atoms with van der Waals surface area (Å²) in [5, 5.41) is 15.6. The highest BCUT2D eigenvalue weighted by Crippen LogP contribution is 2.33. The van der Waals surface area contributed by atoms with Gasteiger partial charge in [-0.2, -0.15) is 0 Å². The van der Waals surface area contributed by atoms with E-state index in [1.54, 1.807) is 24.3 Å². The van der Waals surface area contributed by atoms with Crippen LogP contribution in [0, 0.1) is 0 Å². The molecule has 0 aliphatic carbocycles. The summed E-state index contributed by atoms with van der Waals surface area (Å²) in [5.74, 6) is 0.0991. The summed E-state index contributed by atoms with van der Waals surface area (Å²) in [7, 11) is 1.87. The molecule has 1 amide bonds. The van der Waals surface area contributed by atoms with Crippen molar-refractivity contribution in [3.05, 3.63) is 96.6 Å². The third-order valence-electron chi connectivity index (χ3n) is 4.72. The first kappa shape index (κ1) is 24.7. The molecule has 0 aliphatic rings. The van der Waals surface area contributed by atoms with Crippen LogP contribution < -0.4 is 15.4 Å². The van der Waals surface area contributed by atoms with Crippen LogP contribution in [0.25, 0.3) is 5.57 Å². The quantitative estimate of drug-likeness (QED) is 0.393. The van der Waals surface area contributed by atoms with Crippen molar-refractivity contribution < 1.29 is 14.6 Å². The zero-order valence-corrected chi connectivity index (χ0v) is 19.0. The van der Waals surface area contributed by atoms with E-state index in [1.165, 1.54) is 0 Å². The molecule has 1 atom stereocenters. The number of rotatable bonds is 9. The van der Waals surface area contributed by atoms with Crippen LogP contribution in [0.2, 0.25) is 0 Å². The second-order valence-electron chi connectivity index (χ2n) is 6.88. The van der Waals surface area contributed by atoms with E-state index in [-0.39, 0.29) is 11.7 Å². The molecule has 0 fully saturated rings. The van der Waals surface area contributed by atoms with E-state index in [4.69, 9.17) is 4.74 Å². The topological polar surface area (TPSA) is 70.6 Å². The second-order valence-corrected chi connectivity index (χ2v) is 6.88. The molecule has 0 radical (unpaired) electrons. The Balaban J connectivity index is 0.00000176. The third kappa shape index (κ3) is 7.00. The summed E-state index contributed by atoms with van der Waals surface area (Å²) in [6, 6.07) is 23.5. The molecule has 3 N–H and O–H groups in total. The molecule has 0 bridgehead atoms. The average Bonchev–Trinajstić information content (AvgIpc) is 2.83. The van der Waals surface area contributed by atoms with Crippen molar-refractivity contribution >= 4 is 17.2 Å². The smallest absolute Gasteiger partial charge is 0.236 e. The molecule has 3 aromatic rings. The summed E-state index contributed by atoms with van der Waals surface area (Å²) >= 11 is 0. The summed E-state index contributed by atoms with van der Waals surface area (Å²) in [6.45, 7) is 9.52. The van der Waals surface area contributed by atoms with Gasteiger partial charge in [0.2, 0.25) is 5.91 Å². The first-order chi connectivity index (χ1) is 15.6. The van der Waals surface area contributed by atoms with Crippen LogP contribution in [0.15, 0.2) is 85.4 Å². The van der Waals surface area contributed by atoms with Crippen molar-refractivity contribution in [2.24, 2.45) is 0 Å². The number of hydrogen-bond donors (Lipinski definition) is 3. The van der Waals surface area contributed by atoms with Gasteiger partial charge in [-0.1, -0.05) is 62.9 Å². The van der Waals surface area contributed by atoms with Crippen molar-refractivity contribution in [2.45, 2.75) is 19.8 Å². The van der Waals surface area contributed by atoms with Gasteiger partial charge in [-0.05, 0) is 60.1 Å². The maximum Gasteiger partial charge on any atom is 0.236 e. The highest BCUT2D eigenvalue weighted by atomic mass is 16.5. The lowest BCUT2D eigenvalue weighted by atomic mass is 9.87. The van der Waals surface area contributed by atoms with Gasteiger partial charge in [0, 0.05) is 12.2 Å². The molecule has 0 saturated heterocycles. The molecule has 3 aromatic carbocycles. The number of nitrogens with one attached hydrogen (secondary N) is 2. The number of benzene rings is 3. The number of carbonyl (C=O) groups excluding carboxylic acids is 1. The number of ether oxygens (including phenoxy) is 1. The molecule has 0 aliphatic heterocycles. The highest BCUT2D eigenvalue weighted by Gasteiger charge is 2.25. The summed E-state index contributed by atoms with van der Waals surface area (Å²) in [6.07, 6.45) is 0. The molecule has 5 nitrogen and oxygen atoms in total. The van der Waals surface area contributed by atoms with E-state index >= 15 is 0 Å². The van der Waals surface area contributed by atoms with Gasteiger partial charge in [-0.15, -0.1) is 0 Å². The number of hydrogen-bond acceptors (Lipinski definition) is 4. The minimum absolute atomic E-state index is 0.150. The Morgan fingerprint density at radius 3 is 2.19 bits per heavy atom. The van der Waals surface area contributed by atoms with E-state index < -0.39 is 5.92 Å². The number of aromatic hydroxyl groups is 1. The standard InChI is InChI=1S/C25H26N2O3.C2H6/c1-18(19-6-4-3-5-7-19)24(20-8-12-22(28)13-9-20)25(29)27-21-10-14-23(15-11-21)30-17-16-26-2;1-2/h3-15,24,26,28H,1,16-17H2,2H3,(H,27,29);1-2H3. The molecule has 32 heavy (non-hydrogen) atoms. The molecule has 0 aromatic heterocycles. The molecule has 0 heterocycles. The average molecular weight is 433 g/mol. The minimum atomic E-state index is -0.598. The Bertz CT molecular complexity index is 968. The first-order valence-corrected chi connectivity index (χ1v) is 10.8. The predicted octanol–water partition coefficient (Wildman–Crippen LogP) is 5.45. The van der Waals surface area contributed by atoms with Crippen LogP contribution in [0.3, 0.4) is 0 Å². The van der Waals surface area contributed by atoms with Gasteiger partial charge in [0.25, 0.3) is 0 Å². The lowest BCUT2D eigenvalue weighted by Gasteiger charge is -2.20. The van der Waals surface area contributed by atoms with Gasteiger partial charge in [-0.25, -0.2) is 0 Å². The van der Waals surface area contributed by atoms with E-state index in [1.807, 2.05) is 75.5 Å². The van der Waals surface area contributed by atoms with Crippen LogP contribution in [0.1, 0.15) is 30.9 Å². The minimum Gasteiger partial charge on any atom is -0.508 e. The molecular formula is C27H32N2O3. The van der Waals surface area contributed by atoms with E-state index in [0.717, 1.165) is 23.4 Å². The zero-order chi connectivity index (χ0) is 23.3. The van der Waals surface area contributed by atoms with Crippen molar-refractivity contribution in [1.82, 2.24) is 5.32 Å². The van der Waals surface area contributed by atoms with Crippen molar-refractivity contribution in [1.29, 1.82) is 0 Å². The van der Waals surface area contributed by atoms with Crippen molar-refractivity contribution in [3.63, 3.8) is 0 Å². The number of phenols is 1. The van der Waals surface area contributed by atoms with Gasteiger partial charge in [0.1, 0.15) is 18.1 Å². The molecule has 0 spiro atoms. The largest absolute Gasteiger partial charge is 0.508 e. The summed E-state index contributed by atoms with van der Waals surface area (Å²) in [4.78, 5) is 13.2. The van der Waals surface area contributed by atoms with Gasteiger partial charge in [0.05, 0.1) is 5.92 Å². The number of anilines is 1. The fourth-order valence-electron chi connectivity index (χ4n) is 3.12. The molecule has 168 valence electrons. The number of likely N-dealkylation sites (N-methyl/N-ethyl adjacent to an activating group) is 1. The van der Waals surface area contributed by atoms with Crippen molar-refractivity contribution in [3.8, 4) is 11.5 Å². The molecule has 0 saturated carbocycles. The predicted molar refractivity (Wildman–Crippen MR) is 132 cm³/mol. The van der Waals surface area contributed by atoms with Crippen LogP contribution in [-0.2, 0) is 4.79 Å². The van der Waals surface area contributed by atoms with Crippen LogP contribution in [0.4, 0.5) is 5.69 Å². The van der Waals surface area contributed by atoms with Gasteiger partial charge in [0.15, 0.2) is 0 Å². The molecule has 1 unspecified atom stereocenters. The van der Waals surface area contributed by atoms with Gasteiger partial charge >= 0.3 is 0 Å². The second kappa shape index (κ2) is 13.0. The summed E-state index contributed by atoms with van der Waals surface area (Å²) in [5.41, 5.74) is 3.00. The fourth-order valence-corrected chi connectivity index (χ4v) is 3.12. The first-order valence-electron chi connectivity index (χ1n) is 10.8. The van der Waals surface area contributed by atoms with Crippen LogP contribution >= 0.6 is 0 Å². The maximum absolute atomic E-state index is 13.2. The lowest BCUT2D eigenvalue weighted by Crippen LogP contribution is -2.22. The van der Waals surface area contributed by atoms with Crippen LogP contribution in [0.5, 0.6) is 11.5 Å². The van der Waals surface area contributed by atoms with Crippen molar-refractivity contribution in [2.75, 3.05) is 25.5 Å². The Morgan fingerprint density at radius 2 is 1.59 bits per heavy atom. The Morgan fingerprint density at radius 1 is 0.969 bits per heavy atom. The normalized spacial score (nSPS) is 11.0. The zero-order valence-electron chi connectivity index (χ0n) is 19.0. The van der Waals surface area contributed by atoms with E-state index in [0.29, 0.717) is 17.9 Å². The van der Waals surface area contributed by atoms with Crippen LogP contribution in [-0.4, -0.2) is 31.2 Å². The van der Waals surface area contributed by atoms with E-state index in [9.17, 15) is 9.90 Å². The number of phenolic OH excluding ortho intramolecular Hbond substituents is 1. The molecule has 3 rings (SSSR count). The van der Waals surface area contributed by atoms with Gasteiger partial charge in [-0.3, -0.25) is 4.79 Å². The monoisotopic (exact) mass is 432 g/mol. The highest BCUT2D eigenvalue weighted by molar-refractivity contribution is 6.04. The SMILES string of the molecule is C=C(c1ccccc1)C(C(=O)Nc1ccc(OCCNC)cc1)c1ccc(O)cc1.CC. The Kier molecular flexibility index (Phi) is 10.0. The maximum atomic E-state index is 13.2. The summed E-state index contributed by atoms with van der Waals surface area (Å²) < 4.78 is 5.62. The Hall–Kier alpha value is -3.57. The Labute approximate surface area is 190 Å². The number of carbonyl (C=O) groups is 1. The van der Waals surface area contributed by atoms with E-state index in [2.05, 4.69) is 17.2 Å². The fraction of sp³-hybridized carbons (Fsp3) is 0.222. The van der Waals surface area contributed by atoms with Gasteiger partial charge < -0.3 is 20.5 Å². The molecule has 5 heteroatoms. The number of amides is 1. The third-order valence-corrected chi connectivity index (χ3v) is 4.72. The molecular weight excluding hydrogens is 400 g/mol. The lowest BCUT2D eigenvalue weighted by molar-refractivity contribution is -0.116.